The molecule has 4 aromatic rings. The molecule has 0 spiro atoms. The van der Waals surface area contributed by atoms with Gasteiger partial charge in [0.1, 0.15) is 36.0 Å². The molecule has 0 amide bonds. The maximum Gasteiger partial charge on any atom is 0.355 e. The Kier molecular flexibility index (Phi) is 10.1. The summed E-state index contributed by atoms with van der Waals surface area (Å²) in [6, 6.07) is 12.6. The average Bonchev–Trinajstić information content (AvgIpc) is 3.34. The molecule has 0 saturated carbocycles. The molecule has 0 fully saturated rings. The molecule has 15 heteroatoms. The largest absolute Gasteiger partial charge is 0.484 e. The molecule has 0 radical (unpaired) electrons. The second-order valence-corrected chi connectivity index (χ2v) is 18.2. The number of nitrogens with zero attached hydrogens (tertiary/aromatic N) is 4. The van der Waals surface area contributed by atoms with E-state index >= 15 is 0 Å². The van der Waals surface area contributed by atoms with Crippen LogP contribution in [0, 0.1) is 5.82 Å². The van der Waals surface area contributed by atoms with E-state index in [9.17, 15) is 21.6 Å². The van der Waals surface area contributed by atoms with E-state index in [2.05, 4.69) is 40.0 Å². The van der Waals surface area contributed by atoms with Crippen LogP contribution in [0.3, 0.4) is 0 Å². The maximum absolute atomic E-state index is 13.4. The van der Waals surface area contributed by atoms with Crippen molar-refractivity contribution in [3.8, 4) is 17.0 Å². The Morgan fingerprint density at radius 1 is 1.05 bits per heavy atom. The Morgan fingerprint density at radius 3 is 2.44 bits per heavy atom. The minimum atomic E-state index is -4.99. The molecule has 2 heterocycles. The lowest BCUT2D eigenvalue weighted by molar-refractivity contribution is 0.0803. The molecule has 0 unspecified atom stereocenters. The van der Waals surface area contributed by atoms with Gasteiger partial charge in [-0.25, -0.2) is 22.5 Å². The zero-order valence-corrected chi connectivity index (χ0v) is 25.9. The first kappa shape index (κ1) is 32.0. The van der Waals surface area contributed by atoms with Crippen LogP contribution in [0.1, 0.15) is 18.6 Å². The summed E-state index contributed by atoms with van der Waals surface area (Å²) in [6.45, 7) is 9.14. The van der Waals surface area contributed by atoms with Gasteiger partial charge >= 0.3 is 5.76 Å². The van der Waals surface area contributed by atoms with Gasteiger partial charge in [0.15, 0.2) is 0 Å². The van der Waals surface area contributed by atoms with Gasteiger partial charge in [0, 0.05) is 38.7 Å². The number of ether oxygens (including phenoxy) is 2. The van der Waals surface area contributed by atoms with E-state index in [1.165, 1.54) is 42.5 Å². The van der Waals surface area contributed by atoms with Gasteiger partial charge in [-0.15, -0.1) is 0 Å². The number of aromatic nitrogens is 4. The highest BCUT2D eigenvalue weighted by Gasteiger charge is 2.26. The van der Waals surface area contributed by atoms with Crippen LogP contribution in [-0.4, -0.2) is 48.6 Å². The Balaban J connectivity index is 1.68. The third-order valence-electron chi connectivity index (χ3n) is 6.22. The number of rotatable bonds is 14. The fourth-order valence-electron chi connectivity index (χ4n) is 3.83. The lowest BCUT2D eigenvalue weighted by Crippen LogP contribution is -2.22. The first-order valence-corrected chi connectivity index (χ1v) is 18.6. The van der Waals surface area contributed by atoms with Crippen molar-refractivity contribution in [1.82, 2.24) is 19.7 Å². The zero-order valence-electron chi connectivity index (χ0n) is 24.1. The smallest absolute Gasteiger partial charge is 0.355 e. The minimum absolute atomic E-state index is 0.0251. The fraction of sp³-hybridized carbons (Fsp3) is 0.321. The van der Waals surface area contributed by atoms with Crippen LogP contribution in [0.4, 0.5) is 30.5 Å². The number of benzene rings is 2. The zero-order chi connectivity index (χ0) is 31.2. The average molecular weight is 635 g/mol. The van der Waals surface area contributed by atoms with E-state index in [4.69, 9.17) is 9.47 Å². The van der Waals surface area contributed by atoms with E-state index in [1.54, 1.807) is 36.3 Å². The third kappa shape index (κ3) is 9.02. The third-order valence-corrected chi connectivity index (χ3v) is 8.89. The summed E-state index contributed by atoms with van der Waals surface area (Å²) in [6.07, 6.45) is 3.96. The number of anilines is 3. The topological polar surface area (TPSA) is 120 Å². The SMILES string of the molecule is C[C@H](Oc1cc(-c2cc(Nc3cnccn3)n(COCC[Si](C)(C)C)n2)ccc1NS(=O)(=O)C(F)F)c1ccc(F)cc1. The molecule has 230 valence electrons. The van der Waals surface area contributed by atoms with E-state index in [0.29, 0.717) is 35.1 Å². The molecule has 43 heavy (non-hydrogen) atoms. The van der Waals surface area contributed by atoms with Crippen molar-refractivity contribution >= 4 is 35.4 Å². The molecule has 0 aliphatic heterocycles. The van der Waals surface area contributed by atoms with Crippen molar-refractivity contribution < 1.29 is 31.1 Å². The molecule has 1 atom stereocenters. The molecule has 0 saturated heterocycles. The molecule has 2 aromatic heterocycles. The lowest BCUT2D eigenvalue weighted by atomic mass is 10.1. The fourth-order valence-corrected chi connectivity index (χ4v) is 5.16. The van der Waals surface area contributed by atoms with Gasteiger partial charge < -0.3 is 14.8 Å². The first-order valence-electron chi connectivity index (χ1n) is 13.4. The molecule has 0 aliphatic rings. The number of alkyl halides is 2. The molecule has 4 rings (SSSR count). The van der Waals surface area contributed by atoms with Gasteiger partial charge in [-0.2, -0.15) is 13.9 Å². The van der Waals surface area contributed by atoms with Crippen molar-refractivity contribution in [2.75, 3.05) is 16.6 Å². The number of sulfonamides is 1. The van der Waals surface area contributed by atoms with Crippen LogP contribution in [0.15, 0.2) is 67.1 Å². The Bertz CT molecular complexity index is 1620. The lowest BCUT2D eigenvalue weighted by Gasteiger charge is -2.19. The summed E-state index contributed by atoms with van der Waals surface area (Å²) >= 11 is 0. The van der Waals surface area contributed by atoms with Crippen molar-refractivity contribution in [1.29, 1.82) is 0 Å². The quantitative estimate of drug-likeness (QED) is 0.117. The molecule has 0 aliphatic carbocycles. The highest BCUT2D eigenvalue weighted by molar-refractivity contribution is 7.93. The van der Waals surface area contributed by atoms with E-state index in [-0.39, 0.29) is 18.2 Å². The second-order valence-electron chi connectivity index (χ2n) is 10.9. The van der Waals surface area contributed by atoms with Gasteiger partial charge in [-0.1, -0.05) is 37.8 Å². The molecule has 2 N–H and O–H groups in total. The summed E-state index contributed by atoms with van der Waals surface area (Å²) in [5.74, 6) is -3.09. The van der Waals surface area contributed by atoms with E-state index < -0.39 is 35.8 Å². The number of hydrogen-bond donors (Lipinski definition) is 2. The number of nitrogens with one attached hydrogen (secondary N) is 2. The van der Waals surface area contributed by atoms with Crippen LogP contribution in [0.25, 0.3) is 11.3 Å². The van der Waals surface area contributed by atoms with Crippen molar-refractivity contribution in [3.63, 3.8) is 0 Å². The Labute approximate surface area is 249 Å². The molecule has 2 aromatic carbocycles. The maximum atomic E-state index is 13.4. The standard InChI is InChI=1S/C28H33F3N6O4SSi/c1-19(20-5-8-22(29)9-6-20)41-25-15-21(7-10-23(25)36-42(38,39)28(30)31)24-16-27(34-26-17-32-11-12-33-26)37(35-24)18-40-13-14-43(2,3)4/h5-12,15-17,19,28,36H,13-14,18H2,1-4H3,(H,33,34)/t19-/m0/s1. The van der Waals surface area contributed by atoms with Crippen molar-refractivity contribution in [2.45, 2.75) is 51.2 Å². The van der Waals surface area contributed by atoms with Gasteiger partial charge in [0.2, 0.25) is 0 Å². The van der Waals surface area contributed by atoms with Crippen LogP contribution in [0.5, 0.6) is 5.75 Å². The summed E-state index contributed by atoms with van der Waals surface area (Å²) < 4.78 is 79.3. The summed E-state index contributed by atoms with van der Waals surface area (Å²) in [5.41, 5.74) is 1.36. The predicted molar refractivity (Wildman–Crippen MR) is 161 cm³/mol. The van der Waals surface area contributed by atoms with Gasteiger partial charge in [-0.05, 0) is 42.8 Å². The second kappa shape index (κ2) is 13.6. The van der Waals surface area contributed by atoms with Crippen LogP contribution in [-0.2, 0) is 21.5 Å². The molecular formula is C28H33F3N6O4SSi. The van der Waals surface area contributed by atoms with Crippen molar-refractivity contribution in [3.05, 3.63) is 78.5 Å². The van der Waals surface area contributed by atoms with Crippen LogP contribution >= 0.6 is 0 Å². The normalized spacial score (nSPS) is 12.7. The van der Waals surface area contributed by atoms with Gasteiger partial charge in [0.05, 0.1) is 17.6 Å². The predicted octanol–water partition coefficient (Wildman–Crippen LogP) is 6.64. The summed E-state index contributed by atoms with van der Waals surface area (Å²) in [4.78, 5) is 8.32. The minimum Gasteiger partial charge on any atom is -0.484 e. The first-order chi connectivity index (χ1) is 20.3. The Morgan fingerprint density at radius 2 is 1.79 bits per heavy atom. The van der Waals surface area contributed by atoms with Crippen molar-refractivity contribution in [2.24, 2.45) is 0 Å². The Hall–Kier alpha value is -3.95. The molecule has 0 bridgehead atoms. The van der Waals surface area contributed by atoms with Gasteiger partial charge in [-0.3, -0.25) is 9.71 Å². The highest BCUT2D eigenvalue weighted by atomic mass is 32.2. The monoisotopic (exact) mass is 634 g/mol. The van der Waals surface area contributed by atoms with E-state index in [1.807, 2.05) is 4.72 Å². The number of hydrogen-bond acceptors (Lipinski definition) is 8. The van der Waals surface area contributed by atoms with Crippen LogP contribution in [0.2, 0.25) is 25.7 Å². The molecule has 10 nitrogen and oxygen atoms in total. The summed E-state index contributed by atoms with van der Waals surface area (Å²) in [5, 5.41) is 7.83. The van der Waals surface area contributed by atoms with E-state index in [0.717, 1.165) is 6.04 Å². The molecular weight excluding hydrogens is 601 g/mol. The highest BCUT2D eigenvalue weighted by Crippen LogP contribution is 2.36. The summed E-state index contributed by atoms with van der Waals surface area (Å²) in [7, 11) is -6.30. The number of halogens is 3. The van der Waals surface area contributed by atoms with Gasteiger partial charge in [0.25, 0.3) is 10.0 Å². The van der Waals surface area contributed by atoms with Crippen LogP contribution < -0.4 is 14.8 Å².